The van der Waals surface area contributed by atoms with E-state index in [2.05, 4.69) is 0 Å². The minimum Gasteiger partial charge on any atom is -0.497 e. The molecule has 114 valence electrons. The van der Waals surface area contributed by atoms with Gasteiger partial charge >= 0.3 is 0 Å². The van der Waals surface area contributed by atoms with Gasteiger partial charge in [-0.15, -0.1) is 0 Å². The lowest BCUT2D eigenvalue weighted by Crippen LogP contribution is -2.38. The number of hydrogen-bond donors (Lipinski definition) is 0. The molecule has 0 aliphatic carbocycles. The standard InChI is InChI=1S/C18H19NO3/c1-13-3-8-17-16(11-13)19(9-10-22-17)18(20)12-14-4-6-15(21-2)7-5-14/h3-8,11H,9-10,12H2,1-2H3. The van der Waals surface area contributed by atoms with Crippen LogP contribution < -0.4 is 14.4 Å². The maximum absolute atomic E-state index is 12.6. The smallest absolute Gasteiger partial charge is 0.231 e. The van der Waals surface area contributed by atoms with Gasteiger partial charge in [0.15, 0.2) is 0 Å². The molecule has 0 spiro atoms. The van der Waals surface area contributed by atoms with Gasteiger partial charge in [-0.1, -0.05) is 18.2 Å². The third-order valence-electron chi connectivity index (χ3n) is 3.79. The molecule has 4 heteroatoms. The predicted molar refractivity (Wildman–Crippen MR) is 85.7 cm³/mol. The van der Waals surface area contributed by atoms with Crippen LogP contribution >= 0.6 is 0 Å². The zero-order chi connectivity index (χ0) is 15.5. The van der Waals surface area contributed by atoms with Crippen molar-refractivity contribution in [2.24, 2.45) is 0 Å². The normalized spacial score (nSPS) is 13.3. The van der Waals surface area contributed by atoms with Crippen molar-refractivity contribution < 1.29 is 14.3 Å². The summed E-state index contributed by atoms with van der Waals surface area (Å²) >= 11 is 0. The zero-order valence-electron chi connectivity index (χ0n) is 12.8. The van der Waals surface area contributed by atoms with E-state index in [4.69, 9.17) is 9.47 Å². The maximum atomic E-state index is 12.6. The Morgan fingerprint density at radius 3 is 2.73 bits per heavy atom. The molecule has 2 aromatic carbocycles. The molecule has 1 heterocycles. The van der Waals surface area contributed by atoms with E-state index in [0.717, 1.165) is 28.3 Å². The molecular weight excluding hydrogens is 278 g/mol. The van der Waals surface area contributed by atoms with Crippen LogP contribution in [0.1, 0.15) is 11.1 Å². The van der Waals surface area contributed by atoms with Gasteiger partial charge < -0.3 is 14.4 Å². The fourth-order valence-electron chi connectivity index (χ4n) is 2.60. The largest absolute Gasteiger partial charge is 0.497 e. The van der Waals surface area contributed by atoms with Gasteiger partial charge in [0.05, 0.1) is 25.8 Å². The fraction of sp³-hybridized carbons (Fsp3) is 0.278. The van der Waals surface area contributed by atoms with E-state index in [1.54, 1.807) is 7.11 Å². The Kier molecular flexibility index (Phi) is 4.00. The zero-order valence-corrected chi connectivity index (χ0v) is 12.8. The molecule has 4 nitrogen and oxygen atoms in total. The number of ether oxygens (including phenoxy) is 2. The molecule has 2 aromatic rings. The first-order valence-electron chi connectivity index (χ1n) is 7.34. The summed E-state index contributed by atoms with van der Waals surface area (Å²) in [5, 5.41) is 0. The number of benzene rings is 2. The molecule has 1 aliphatic rings. The molecule has 0 N–H and O–H groups in total. The highest BCUT2D eigenvalue weighted by atomic mass is 16.5. The number of rotatable bonds is 3. The van der Waals surface area contributed by atoms with Crippen molar-refractivity contribution in [2.45, 2.75) is 13.3 Å². The van der Waals surface area contributed by atoms with Crippen molar-refractivity contribution in [2.75, 3.05) is 25.2 Å². The number of fused-ring (bicyclic) bond motifs is 1. The van der Waals surface area contributed by atoms with E-state index in [1.165, 1.54) is 0 Å². The molecule has 0 radical (unpaired) electrons. The minimum atomic E-state index is 0.0836. The molecule has 22 heavy (non-hydrogen) atoms. The Morgan fingerprint density at radius 2 is 2.00 bits per heavy atom. The monoisotopic (exact) mass is 297 g/mol. The molecule has 0 atom stereocenters. The third-order valence-corrected chi connectivity index (χ3v) is 3.79. The molecule has 0 fully saturated rings. The van der Waals surface area contributed by atoms with Gasteiger partial charge in [0, 0.05) is 0 Å². The lowest BCUT2D eigenvalue weighted by atomic mass is 10.1. The number of aryl methyl sites for hydroxylation is 1. The molecule has 0 saturated heterocycles. The average Bonchev–Trinajstić information content (AvgIpc) is 2.55. The van der Waals surface area contributed by atoms with E-state index in [1.807, 2.05) is 54.3 Å². The highest BCUT2D eigenvalue weighted by Gasteiger charge is 2.23. The summed E-state index contributed by atoms with van der Waals surface area (Å²) in [5.41, 5.74) is 2.96. The Morgan fingerprint density at radius 1 is 1.23 bits per heavy atom. The quantitative estimate of drug-likeness (QED) is 0.874. The number of methoxy groups -OCH3 is 1. The second-order valence-electron chi connectivity index (χ2n) is 5.39. The van der Waals surface area contributed by atoms with Gasteiger partial charge in [-0.05, 0) is 42.3 Å². The van der Waals surface area contributed by atoms with Crippen LogP contribution in [0.2, 0.25) is 0 Å². The summed E-state index contributed by atoms with van der Waals surface area (Å²) in [7, 11) is 1.63. The number of anilines is 1. The predicted octanol–water partition coefficient (Wildman–Crippen LogP) is 2.97. The van der Waals surface area contributed by atoms with Crippen LogP contribution in [0.5, 0.6) is 11.5 Å². The van der Waals surface area contributed by atoms with Crippen LogP contribution in [-0.2, 0) is 11.2 Å². The Bertz CT molecular complexity index is 679. The van der Waals surface area contributed by atoms with Crippen LogP contribution in [0.4, 0.5) is 5.69 Å². The number of carbonyl (C=O) groups is 1. The Balaban J connectivity index is 1.79. The summed E-state index contributed by atoms with van der Waals surface area (Å²) in [6, 6.07) is 13.5. The van der Waals surface area contributed by atoms with Gasteiger partial charge in [-0.3, -0.25) is 4.79 Å². The number of carbonyl (C=O) groups excluding carboxylic acids is 1. The molecule has 0 unspecified atom stereocenters. The van der Waals surface area contributed by atoms with E-state index < -0.39 is 0 Å². The first-order valence-corrected chi connectivity index (χ1v) is 7.34. The molecular formula is C18H19NO3. The second-order valence-corrected chi connectivity index (χ2v) is 5.39. The van der Waals surface area contributed by atoms with E-state index in [0.29, 0.717) is 19.6 Å². The van der Waals surface area contributed by atoms with Gasteiger partial charge in [-0.25, -0.2) is 0 Å². The average molecular weight is 297 g/mol. The van der Waals surface area contributed by atoms with Crippen LogP contribution in [0.3, 0.4) is 0 Å². The van der Waals surface area contributed by atoms with Crippen LogP contribution in [-0.4, -0.2) is 26.2 Å². The van der Waals surface area contributed by atoms with Gasteiger partial charge in [-0.2, -0.15) is 0 Å². The highest BCUT2D eigenvalue weighted by molar-refractivity contribution is 5.96. The van der Waals surface area contributed by atoms with Gasteiger partial charge in [0.25, 0.3) is 0 Å². The summed E-state index contributed by atoms with van der Waals surface area (Å²) in [4.78, 5) is 14.5. The van der Waals surface area contributed by atoms with Crippen LogP contribution in [0.15, 0.2) is 42.5 Å². The summed E-state index contributed by atoms with van der Waals surface area (Å²) in [6.45, 7) is 3.14. The number of amides is 1. The van der Waals surface area contributed by atoms with Crippen molar-refractivity contribution in [3.8, 4) is 11.5 Å². The Hall–Kier alpha value is -2.49. The van der Waals surface area contributed by atoms with E-state index in [9.17, 15) is 4.79 Å². The van der Waals surface area contributed by atoms with Gasteiger partial charge in [0.1, 0.15) is 18.1 Å². The van der Waals surface area contributed by atoms with Crippen molar-refractivity contribution in [1.29, 1.82) is 0 Å². The molecule has 0 aromatic heterocycles. The summed E-state index contributed by atoms with van der Waals surface area (Å²) in [5.74, 6) is 1.66. The molecule has 3 rings (SSSR count). The van der Waals surface area contributed by atoms with Gasteiger partial charge in [0.2, 0.25) is 5.91 Å². The molecule has 1 aliphatic heterocycles. The van der Waals surface area contributed by atoms with Crippen molar-refractivity contribution in [1.82, 2.24) is 0 Å². The van der Waals surface area contributed by atoms with E-state index in [-0.39, 0.29) is 5.91 Å². The number of hydrogen-bond acceptors (Lipinski definition) is 3. The Labute approximate surface area is 130 Å². The molecule has 0 saturated carbocycles. The molecule has 1 amide bonds. The lowest BCUT2D eigenvalue weighted by molar-refractivity contribution is -0.118. The van der Waals surface area contributed by atoms with Crippen molar-refractivity contribution in [3.05, 3.63) is 53.6 Å². The third kappa shape index (κ3) is 2.91. The fourth-order valence-corrected chi connectivity index (χ4v) is 2.60. The highest BCUT2D eigenvalue weighted by Crippen LogP contribution is 2.32. The van der Waals surface area contributed by atoms with Crippen LogP contribution in [0.25, 0.3) is 0 Å². The topological polar surface area (TPSA) is 38.8 Å². The summed E-state index contributed by atoms with van der Waals surface area (Å²) in [6.07, 6.45) is 0.372. The minimum absolute atomic E-state index is 0.0836. The molecule has 0 bridgehead atoms. The lowest BCUT2D eigenvalue weighted by Gasteiger charge is -2.30. The maximum Gasteiger partial charge on any atom is 0.231 e. The first kappa shape index (κ1) is 14.4. The number of nitrogens with zero attached hydrogens (tertiary/aromatic N) is 1. The van der Waals surface area contributed by atoms with Crippen molar-refractivity contribution >= 4 is 11.6 Å². The SMILES string of the molecule is COc1ccc(CC(=O)N2CCOc3ccc(C)cc32)cc1. The second kappa shape index (κ2) is 6.10. The van der Waals surface area contributed by atoms with E-state index >= 15 is 0 Å². The van der Waals surface area contributed by atoms with Crippen LogP contribution in [0, 0.1) is 6.92 Å². The van der Waals surface area contributed by atoms with Crippen molar-refractivity contribution in [3.63, 3.8) is 0 Å². The summed E-state index contributed by atoms with van der Waals surface area (Å²) < 4.78 is 10.8. The first-order chi connectivity index (χ1) is 10.7.